The summed E-state index contributed by atoms with van der Waals surface area (Å²) in [5.41, 5.74) is 3.27. The second-order valence-corrected chi connectivity index (χ2v) is 16.2. The molecule has 13 heteroatoms. The van der Waals surface area contributed by atoms with Crippen LogP contribution in [-0.2, 0) is 19.4 Å². The maximum atomic E-state index is 14.7. The van der Waals surface area contributed by atoms with Crippen LogP contribution in [0.15, 0.2) is 43.2 Å². The van der Waals surface area contributed by atoms with Crippen LogP contribution in [0.3, 0.4) is 0 Å². The van der Waals surface area contributed by atoms with E-state index in [0.717, 1.165) is 53.3 Å². The molecule has 0 unspecified atom stereocenters. The van der Waals surface area contributed by atoms with E-state index in [1.54, 1.807) is 12.3 Å². The molecule has 0 saturated carbocycles. The van der Waals surface area contributed by atoms with Crippen molar-refractivity contribution < 1.29 is 22.3 Å². The molecule has 0 radical (unpaired) electrons. The summed E-state index contributed by atoms with van der Waals surface area (Å²) >= 11 is 0. The Bertz CT molecular complexity index is 1800. The number of hydrogen-bond acceptors (Lipinski definition) is 10. The fourth-order valence-electron chi connectivity index (χ4n) is 7.74. The molecule has 3 aliphatic rings. The fourth-order valence-corrected chi connectivity index (χ4v) is 8.80. The number of methoxy groups -OCH3 is 1. The smallest absolute Gasteiger partial charge is 0.246 e. The number of carbonyl (C=O) groups excluding carboxylic acids is 1. The summed E-state index contributed by atoms with van der Waals surface area (Å²) in [6.45, 7) is 10.8. The number of nitrogens with one attached hydrogen (secondary N) is 1. The average Bonchev–Trinajstić information content (AvgIpc) is 3.31. The molecule has 0 bridgehead atoms. The van der Waals surface area contributed by atoms with Crippen LogP contribution in [0.4, 0.5) is 27.7 Å². The number of ether oxygens (including phenoxy) is 1. The van der Waals surface area contributed by atoms with E-state index < -0.39 is 22.1 Å². The van der Waals surface area contributed by atoms with Gasteiger partial charge in [-0.15, -0.1) is 0 Å². The molecular weight excluding hydrogens is 646 g/mol. The molecule has 1 N–H and O–H groups in total. The highest BCUT2D eigenvalue weighted by atomic mass is 32.2. The number of piperidine rings is 1. The van der Waals surface area contributed by atoms with Crippen molar-refractivity contribution in [2.24, 2.45) is 5.92 Å². The first-order valence-corrected chi connectivity index (χ1v) is 19.4. The van der Waals surface area contributed by atoms with Crippen LogP contribution in [-0.4, -0.2) is 98.3 Å². The summed E-state index contributed by atoms with van der Waals surface area (Å²) in [6, 6.07) is 5.93. The molecule has 0 aliphatic carbocycles. The van der Waals surface area contributed by atoms with E-state index in [1.807, 2.05) is 22.1 Å². The lowest BCUT2D eigenvalue weighted by molar-refractivity contribution is -0.128. The Labute approximate surface area is 288 Å². The molecule has 3 aliphatic heterocycles. The molecular formula is C36H48FN7O4S. The number of fused-ring (bicyclic) bond motifs is 1. The highest BCUT2D eigenvalue weighted by molar-refractivity contribution is 7.90. The molecule has 3 saturated heterocycles. The molecule has 49 heavy (non-hydrogen) atoms. The largest absolute Gasteiger partial charge is 0.378 e. The third-order valence-electron chi connectivity index (χ3n) is 10.0. The second kappa shape index (κ2) is 14.6. The summed E-state index contributed by atoms with van der Waals surface area (Å²) < 4.78 is 44.1. The van der Waals surface area contributed by atoms with Gasteiger partial charge in [0.25, 0.3) is 0 Å². The third kappa shape index (κ3) is 7.67. The first-order chi connectivity index (χ1) is 23.5. The number of halogens is 1. The van der Waals surface area contributed by atoms with Gasteiger partial charge in [-0.2, -0.15) is 4.98 Å². The Morgan fingerprint density at radius 2 is 1.88 bits per heavy atom. The zero-order chi connectivity index (χ0) is 34.9. The van der Waals surface area contributed by atoms with Crippen molar-refractivity contribution in [3.63, 3.8) is 0 Å². The van der Waals surface area contributed by atoms with E-state index in [0.29, 0.717) is 50.2 Å². The number of rotatable bonds is 10. The molecule has 1 amide bonds. The maximum Gasteiger partial charge on any atom is 0.246 e. The number of carbonyl (C=O) groups is 1. The lowest BCUT2D eigenvalue weighted by Crippen LogP contribution is -2.49. The molecule has 5 heterocycles. The van der Waals surface area contributed by atoms with Gasteiger partial charge >= 0.3 is 0 Å². The lowest BCUT2D eigenvalue weighted by Gasteiger charge is -2.42. The van der Waals surface area contributed by atoms with Gasteiger partial charge in [0.1, 0.15) is 27.6 Å². The van der Waals surface area contributed by atoms with E-state index in [2.05, 4.69) is 41.7 Å². The molecule has 3 aromatic rings. The van der Waals surface area contributed by atoms with Gasteiger partial charge in [0.2, 0.25) is 11.9 Å². The standard InChI is InChI=1S/C36H48FN7O4S/c1-6-34(45)44-14-9-7-8-10-29(44)26-16-30(43-19-24(20-43)22-49(5,46)47)27-18-39-33(17-25(27)35(26)23(2)3)40-32-11-13-38-36(41-32)42-15-12-31(48-4)28(37)21-42/h6,11,13,16-18,23-24,28-29,31H,1,7-10,12,14-15,19-22H2,2-5H3,(H,38,39,40,41)/t28-,29-,31+/m1/s1. The van der Waals surface area contributed by atoms with Gasteiger partial charge in [0, 0.05) is 68.9 Å². The van der Waals surface area contributed by atoms with Crippen molar-refractivity contribution in [1.29, 1.82) is 0 Å². The van der Waals surface area contributed by atoms with Crippen molar-refractivity contribution in [1.82, 2.24) is 19.9 Å². The van der Waals surface area contributed by atoms with Gasteiger partial charge in [-0.05, 0) is 66.0 Å². The third-order valence-corrected chi connectivity index (χ3v) is 11.1. The van der Waals surface area contributed by atoms with Gasteiger partial charge in [-0.1, -0.05) is 33.3 Å². The molecule has 264 valence electrons. The normalized spacial score (nSPS) is 22.2. The van der Waals surface area contributed by atoms with Crippen LogP contribution in [0.5, 0.6) is 0 Å². The summed E-state index contributed by atoms with van der Waals surface area (Å²) in [5.74, 6) is 1.87. The molecule has 1 aromatic carbocycles. The number of anilines is 4. The lowest BCUT2D eigenvalue weighted by atomic mass is 9.84. The van der Waals surface area contributed by atoms with E-state index in [1.165, 1.54) is 19.4 Å². The van der Waals surface area contributed by atoms with E-state index in [9.17, 15) is 17.6 Å². The summed E-state index contributed by atoms with van der Waals surface area (Å²) in [4.78, 5) is 33.2. The summed E-state index contributed by atoms with van der Waals surface area (Å²) in [7, 11) is -1.55. The minimum absolute atomic E-state index is 0.0591. The Hall–Kier alpha value is -3.84. The van der Waals surface area contributed by atoms with Crippen molar-refractivity contribution >= 4 is 49.8 Å². The van der Waals surface area contributed by atoms with Gasteiger partial charge < -0.3 is 24.8 Å². The van der Waals surface area contributed by atoms with E-state index in [-0.39, 0.29) is 36.1 Å². The zero-order valence-corrected chi connectivity index (χ0v) is 29.8. The van der Waals surface area contributed by atoms with Crippen LogP contribution in [0.2, 0.25) is 0 Å². The highest BCUT2D eigenvalue weighted by Gasteiger charge is 2.35. The zero-order valence-electron chi connectivity index (χ0n) is 28.9. The Morgan fingerprint density at radius 1 is 1.08 bits per heavy atom. The number of pyridine rings is 1. The minimum Gasteiger partial charge on any atom is -0.378 e. The van der Waals surface area contributed by atoms with Gasteiger partial charge in [-0.3, -0.25) is 4.79 Å². The molecule has 2 aromatic heterocycles. The van der Waals surface area contributed by atoms with Gasteiger partial charge in [-0.25, -0.2) is 22.8 Å². The number of sulfone groups is 1. The Kier molecular flexibility index (Phi) is 10.4. The maximum absolute atomic E-state index is 14.7. The number of hydrogen-bond donors (Lipinski definition) is 1. The van der Waals surface area contributed by atoms with Crippen molar-refractivity contribution in [2.45, 2.75) is 70.2 Å². The van der Waals surface area contributed by atoms with Crippen molar-refractivity contribution in [2.75, 3.05) is 67.0 Å². The predicted octanol–water partition coefficient (Wildman–Crippen LogP) is 5.57. The molecule has 3 atom stereocenters. The first-order valence-electron chi connectivity index (χ1n) is 17.3. The molecule has 6 rings (SSSR count). The van der Waals surface area contributed by atoms with Crippen molar-refractivity contribution in [3.05, 3.63) is 54.4 Å². The highest BCUT2D eigenvalue weighted by Crippen LogP contribution is 2.44. The Morgan fingerprint density at radius 3 is 2.57 bits per heavy atom. The predicted molar refractivity (Wildman–Crippen MR) is 192 cm³/mol. The Balaban J connectivity index is 1.40. The molecule has 11 nitrogen and oxygen atoms in total. The summed E-state index contributed by atoms with van der Waals surface area (Å²) in [6.07, 6.45) is 9.10. The van der Waals surface area contributed by atoms with Crippen LogP contribution < -0.4 is 15.1 Å². The first kappa shape index (κ1) is 35.0. The topological polar surface area (TPSA) is 121 Å². The second-order valence-electron chi connectivity index (χ2n) is 14.0. The number of amides is 1. The van der Waals surface area contributed by atoms with Crippen LogP contribution >= 0.6 is 0 Å². The number of likely N-dealkylation sites (tertiary alicyclic amines) is 1. The van der Waals surface area contributed by atoms with Gasteiger partial charge in [0.15, 0.2) is 0 Å². The van der Waals surface area contributed by atoms with Crippen LogP contribution in [0.25, 0.3) is 10.8 Å². The molecule has 3 fully saturated rings. The number of aromatic nitrogens is 3. The number of alkyl halides is 1. The number of benzene rings is 1. The average molecular weight is 694 g/mol. The monoisotopic (exact) mass is 693 g/mol. The number of nitrogens with zero attached hydrogens (tertiary/aromatic N) is 6. The molecule has 0 spiro atoms. The summed E-state index contributed by atoms with van der Waals surface area (Å²) in [5, 5.41) is 5.36. The van der Waals surface area contributed by atoms with Crippen LogP contribution in [0, 0.1) is 5.92 Å². The minimum atomic E-state index is -3.09. The van der Waals surface area contributed by atoms with Crippen molar-refractivity contribution in [3.8, 4) is 0 Å². The SMILES string of the molecule is C=CC(=O)N1CCCCC[C@@H]1c1cc(N2CC(CS(C)(=O)=O)C2)c2cnc(Nc3ccnc(N4CC[C@H](OC)[C@H](F)C4)n3)cc2c1C(C)C. The van der Waals surface area contributed by atoms with E-state index in [4.69, 9.17) is 14.7 Å². The van der Waals surface area contributed by atoms with E-state index >= 15 is 0 Å². The van der Waals surface area contributed by atoms with Gasteiger partial charge in [0.05, 0.1) is 24.4 Å². The fraction of sp³-hybridized carbons (Fsp3) is 0.556. The van der Waals surface area contributed by atoms with Crippen LogP contribution in [0.1, 0.15) is 69.0 Å². The quantitative estimate of drug-likeness (QED) is 0.270.